The number of hydrogen-bond acceptors (Lipinski definition) is 4. The van der Waals surface area contributed by atoms with Crippen molar-refractivity contribution in [1.29, 1.82) is 0 Å². The highest BCUT2D eigenvalue weighted by Crippen LogP contribution is 2.16. The zero-order valence-electron chi connectivity index (χ0n) is 17.6. The molecule has 7 nitrogen and oxygen atoms in total. The molecule has 0 saturated heterocycles. The summed E-state index contributed by atoms with van der Waals surface area (Å²) in [6, 6.07) is 0. The second-order valence-electron chi connectivity index (χ2n) is 7.68. The highest BCUT2D eigenvalue weighted by Gasteiger charge is 2.21. The molecule has 0 aliphatic heterocycles. The van der Waals surface area contributed by atoms with Gasteiger partial charge in [-0.05, 0) is 6.42 Å². The van der Waals surface area contributed by atoms with Gasteiger partial charge in [-0.3, -0.25) is 9.65 Å². The summed E-state index contributed by atoms with van der Waals surface area (Å²) >= 11 is 0. The molecule has 2 N–H and O–H groups in total. The molecule has 0 aromatic carbocycles. The summed E-state index contributed by atoms with van der Waals surface area (Å²) in [5.41, 5.74) is 0. The number of nitrogens with zero attached hydrogens (tertiary/aromatic N) is 3. The van der Waals surface area contributed by atoms with Crippen LogP contribution in [0.15, 0.2) is 6.20 Å². The number of H-pyrrole nitrogens is 1. The van der Waals surface area contributed by atoms with Crippen molar-refractivity contribution in [1.82, 2.24) is 15.4 Å². The van der Waals surface area contributed by atoms with Gasteiger partial charge in [-0.25, -0.2) is 4.31 Å². The third-order valence-electron chi connectivity index (χ3n) is 5.15. The van der Waals surface area contributed by atoms with E-state index in [9.17, 15) is 13.0 Å². The van der Waals surface area contributed by atoms with Crippen LogP contribution in [-0.4, -0.2) is 34.9 Å². The lowest BCUT2D eigenvalue weighted by Crippen LogP contribution is -2.31. The number of aromatic nitrogens is 3. The van der Waals surface area contributed by atoms with Crippen molar-refractivity contribution in [2.24, 2.45) is 0 Å². The largest absolute Gasteiger partial charge is 0.361 e. The van der Waals surface area contributed by atoms with Gasteiger partial charge in [0.15, 0.2) is 5.82 Å². The topological polar surface area (TPSA) is 99.2 Å². The van der Waals surface area contributed by atoms with E-state index in [1.807, 2.05) is 0 Å². The maximum atomic E-state index is 11.4. The number of rotatable bonds is 19. The van der Waals surface area contributed by atoms with Crippen molar-refractivity contribution in [2.45, 2.75) is 110 Å². The van der Waals surface area contributed by atoms with Gasteiger partial charge >= 0.3 is 10.3 Å². The van der Waals surface area contributed by atoms with Crippen molar-refractivity contribution >= 4 is 16.1 Å². The van der Waals surface area contributed by atoms with Crippen LogP contribution in [0.25, 0.3) is 0 Å². The van der Waals surface area contributed by atoms with Crippen LogP contribution in [0.4, 0.5) is 5.82 Å². The summed E-state index contributed by atoms with van der Waals surface area (Å²) in [6.45, 7) is 2.49. The van der Waals surface area contributed by atoms with Gasteiger partial charge in [0.25, 0.3) is 0 Å². The van der Waals surface area contributed by atoms with Gasteiger partial charge in [0, 0.05) is 6.54 Å². The van der Waals surface area contributed by atoms with Crippen molar-refractivity contribution in [3.63, 3.8) is 0 Å². The van der Waals surface area contributed by atoms with Crippen molar-refractivity contribution in [3.05, 3.63) is 6.20 Å². The molecule has 1 rings (SSSR count). The number of anilines is 1. The zero-order valence-corrected chi connectivity index (χ0v) is 18.4. The van der Waals surface area contributed by atoms with Crippen molar-refractivity contribution in [3.8, 4) is 0 Å². The van der Waals surface area contributed by atoms with Crippen molar-refractivity contribution in [2.75, 3.05) is 10.8 Å². The van der Waals surface area contributed by atoms with Gasteiger partial charge in [-0.1, -0.05) is 108 Å². The van der Waals surface area contributed by atoms with Gasteiger partial charge < -0.3 is 0 Å². The summed E-state index contributed by atoms with van der Waals surface area (Å²) in [4.78, 5) is 0. The molecular weight excluding hydrogens is 376 g/mol. The number of hydrogen-bond donors (Lipinski definition) is 2. The van der Waals surface area contributed by atoms with E-state index in [1.54, 1.807) is 0 Å². The van der Waals surface area contributed by atoms with Crippen LogP contribution in [0.1, 0.15) is 110 Å². The molecule has 1 aromatic rings. The normalized spacial score (nSPS) is 11.8. The summed E-state index contributed by atoms with van der Waals surface area (Å²) in [5, 5.41) is 9.61. The molecule has 0 spiro atoms. The van der Waals surface area contributed by atoms with E-state index >= 15 is 0 Å². The fraction of sp³-hybridized carbons (Fsp3) is 0.900. The summed E-state index contributed by atoms with van der Waals surface area (Å²) < 4.78 is 33.0. The highest BCUT2D eigenvalue weighted by molar-refractivity contribution is 7.87. The quantitative estimate of drug-likeness (QED) is 0.223. The van der Waals surface area contributed by atoms with Crippen LogP contribution in [0.2, 0.25) is 0 Å². The molecule has 0 saturated carbocycles. The monoisotopic (exact) mass is 416 g/mol. The maximum Gasteiger partial charge on any atom is 0.361 e. The lowest BCUT2D eigenvalue weighted by atomic mass is 10.0. The Morgan fingerprint density at radius 2 is 1.25 bits per heavy atom. The first-order chi connectivity index (χ1) is 13.6. The van der Waals surface area contributed by atoms with Gasteiger partial charge in [0.1, 0.15) is 0 Å². The highest BCUT2D eigenvalue weighted by atomic mass is 32.2. The Bertz CT molecular complexity index is 564. The van der Waals surface area contributed by atoms with E-state index in [0.717, 1.165) is 17.1 Å². The zero-order chi connectivity index (χ0) is 20.5. The Labute approximate surface area is 171 Å². The standard InChI is InChI=1S/C20H40N4O3S/c1-2-3-4-5-6-7-8-9-10-11-12-13-14-15-16-17-18-24(28(25,26)27)20-19-21-23-22-20/h19H,2-18H2,1H3,(H,21,22,23)(H,25,26,27). The molecule has 1 aromatic heterocycles. The SMILES string of the molecule is CCCCCCCCCCCCCCCCCCN(c1c[nH]nn1)S(=O)(=O)O. The Hall–Kier alpha value is -1.15. The second kappa shape index (κ2) is 15.7. The molecule has 164 valence electrons. The summed E-state index contributed by atoms with van der Waals surface area (Å²) in [7, 11) is -4.30. The third-order valence-corrected chi connectivity index (χ3v) is 6.08. The Balaban J connectivity index is 1.90. The van der Waals surface area contributed by atoms with Crippen LogP contribution in [0.3, 0.4) is 0 Å². The summed E-state index contributed by atoms with van der Waals surface area (Å²) in [5.74, 6) is 0.128. The van der Waals surface area contributed by atoms with Crippen molar-refractivity contribution < 1.29 is 13.0 Å². The minimum atomic E-state index is -4.30. The van der Waals surface area contributed by atoms with Gasteiger partial charge in [-0.2, -0.15) is 8.42 Å². The van der Waals surface area contributed by atoms with E-state index in [0.29, 0.717) is 6.42 Å². The smallest absolute Gasteiger partial charge is 0.269 e. The van der Waals surface area contributed by atoms with E-state index < -0.39 is 10.3 Å². The molecule has 0 atom stereocenters. The first-order valence-electron chi connectivity index (χ1n) is 11.2. The molecule has 28 heavy (non-hydrogen) atoms. The molecule has 0 amide bonds. The fourth-order valence-corrected chi connectivity index (χ4v) is 4.15. The fourth-order valence-electron chi connectivity index (χ4n) is 3.47. The molecular formula is C20H40N4O3S. The maximum absolute atomic E-state index is 11.4. The molecule has 0 unspecified atom stereocenters. The van der Waals surface area contributed by atoms with Gasteiger partial charge in [0.05, 0.1) is 6.20 Å². The minimum Gasteiger partial charge on any atom is -0.269 e. The molecule has 0 fully saturated rings. The van der Waals surface area contributed by atoms with Gasteiger partial charge in [0.2, 0.25) is 0 Å². The average Bonchev–Trinajstić information content (AvgIpc) is 3.17. The molecule has 0 aliphatic rings. The lowest BCUT2D eigenvalue weighted by molar-refractivity contribution is 0.475. The van der Waals surface area contributed by atoms with E-state index in [2.05, 4.69) is 22.3 Å². The first kappa shape index (κ1) is 24.9. The molecule has 0 bridgehead atoms. The lowest BCUT2D eigenvalue weighted by Gasteiger charge is -2.17. The molecule has 0 aliphatic carbocycles. The van der Waals surface area contributed by atoms with Crippen LogP contribution in [0, 0.1) is 0 Å². The first-order valence-corrected chi connectivity index (χ1v) is 12.6. The average molecular weight is 417 g/mol. The van der Waals surface area contributed by atoms with Crippen LogP contribution >= 0.6 is 0 Å². The predicted molar refractivity (Wildman–Crippen MR) is 115 cm³/mol. The summed E-state index contributed by atoms with van der Waals surface area (Å²) in [6.07, 6.45) is 21.6. The molecule has 8 heteroatoms. The minimum absolute atomic E-state index is 0.128. The molecule has 1 heterocycles. The Morgan fingerprint density at radius 3 is 1.61 bits per heavy atom. The number of aromatic amines is 1. The second-order valence-corrected chi connectivity index (χ2v) is 9.02. The molecule has 0 radical (unpaired) electrons. The van der Waals surface area contributed by atoms with Crippen LogP contribution < -0.4 is 4.31 Å². The Morgan fingerprint density at radius 1 is 0.821 bits per heavy atom. The van der Waals surface area contributed by atoms with E-state index in [-0.39, 0.29) is 12.4 Å². The van der Waals surface area contributed by atoms with E-state index in [4.69, 9.17) is 0 Å². The number of nitrogens with one attached hydrogen (secondary N) is 1. The van der Waals surface area contributed by atoms with Crippen LogP contribution in [0.5, 0.6) is 0 Å². The van der Waals surface area contributed by atoms with E-state index in [1.165, 1.54) is 89.7 Å². The number of unbranched alkanes of at least 4 members (excludes halogenated alkanes) is 15. The Kier molecular flexibility index (Phi) is 14.0. The van der Waals surface area contributed by atoms with Gasteiger partial charge in [-0.15, -0.1) is 5.10 Å². The predicted octanol–water partition coefficient (Wildman–Crippen LogP) is 5.68. The van der Waals surface area contributed by atoms with Crippen LogP contribution in [-0.2, 0) is 10.3 Å². The third kappa shape index (κ3) is 12.3.